The van der Waals surface area contributed by atoms with Crippen LogP contribution in [0.1, 0.15) is 15.9 Å². The molecule has 0 heterocycles. The van der Waals surface area contributed by atoms with Crippen LogP contribution >= 0.6 is 23.2 Å². The molecule has 0 radical (unpaired) electrons. The van der Waals surface area contributed by atoms with E-state index >= 15 is 0 Å². The highest BCUT2D eigenvalue weighted by atomic mass is 35.5. The molecular weight excluding hydrogens is 223 g/mol. The normalized spacial score (nSPS) is 10.4. The van der Waals surface area contributed by atoms with E-state index in [9.17, 15) is 9.59 Å². The number of carbonyl (C=O) groups excluding carboxylic acids is 2. The number of halogens is 2. The van der Waals surface area contributed by atoms with Gasteiger partial charge in [-0.2, -0.15) is 0 Å². The minimum atomic E-state index is -0.539. The Morgan fingerprint density at radius 3 is 2.07 bits per heavy atom. The Morgan fingerprint density at radius 2 is 1.64 bits per heavy atom. The maximum absolute atomic E-state index is 10.7. The third-order valence-corrected chi connectivity index (χ3v) is 1.89. The molecule has 1 rings (SSSR count). The first-order chi connectivity index (χ1) is 6.59. The van der Waals surface area contributed by atoms with Crippen molar-refractivity contribution < 1.29 is 9.59 Å². The van der Waals surface area contributed by atoms with Gasteiger partial charge in [-0.3, -0.25) is 9.59 Å². The average molecular weight is 229 g/mol. The SMILES string of the molecule is O=C(Cl)C=Cc1ccc(C(=O)Cl)cc1. The number of benzene rings is 1. The lowest BCUT2D eigenvalue weighted by Crippen LogP contribution is -1.87. The molecule has 0 aliphatic heterocycles. The highest BCUT2D eigenvalue weighted by Crippen LogP contribution is 2.08. The minimum absolute atomic E-state index is 0.418. The zero-order valence-corrected chi connectivity index (χ0v) is 8.55. The van der Waals surface area contributed by atoms with Crippen molar-refractivity contribution in [3.8, 4) is 0 Å². The summed E-state index contributed by atoms with van der Waals surface area (Å²) in [6, 6.07) is 6.50. The largest absolute Gasteiger partial charge is 0.276 e. The minimum Gasteiger partial charge on any atom is -0.276 e. The van der Waals surface area contributed by atoms with Crippen molar-refractivity contribution in [1.29, 1.82) is 0 Å². The molecule has 72 valence electrons. The average Bonchev–Trinajstić information content (AvgIpc) is 2.15. The molecule has 0 unspecified atom stereocenters. The summed E-state index contributed by atoms with van der Waals surface area (Å²) in [6.45, 7) is 0. The molecule has 0 fully saturated rings. The van der Waals surface area contributed by atoms with Crippen molar-refractivity contribution >= 4 is 39.8 Å². The molecule has 0 saturated carbocycles. The predicted octanol–water partition coefficient (Wildman–Crippen LogP) is 2.84. The van der Waals surface area contributed by atoms with Gasteiger partial charge in [0, 0.05) is 5.56 Å². The molecule has 2 nitrogen and oxygen atoms in total. The summed E-state index contributed by atoms with van der Waals surface area (Å²) < 4.78 is 0. The van der Waals surface area contributed by atoms with Crippen molar-refractivity contribution in [2.45, 2.75) is 0 Å². The second-order valence-electron chi connectivity index (χ2n) is 2.53. The van der Waals surface area contributed by atoms with E-state index in [0.29, 0.717) is 5.56 Å². The van der Waals surface area contributed by atoms with Crippen molar-refractivity contribution in [1.82, 2.24) is 0 Å². The maximum atomic E-state index is 10.7. The van der Waals surface area contributed by atoms with Crippen molar-refractivity contribution in [2.75, 3.05) is 0 Å². The zero-order valence-electron chi connectivity index (χ0n) is 7.04. The molecule has 0 amide bonds. The second-order valence-corrected chi connectivity index (χ2v) is 3.25. The Morgan fingerprint density at radius 1 is 1.07 bits per heavy atom. The van der Waals surface area contributed by atoms with Gasteiger partial charge < -0.3 is 0 Å². The molecule has 0 spiro atoms. The smallest absolute Gasteiger partial charge is 0.252 e. The third kappa shape index (κ3) is 3.32. The highest BCUT2D eigenvalue weighted by molar-refractivity contribution is 6.67. The molecule has 0 atom stereocenters. The molecule has 0 aliphatic carbocycles. The van der Waals surface area contributed by atoms with E-state index in [1.807, 2.05) is 0 Å². The van der Waals surface area contributed by atoms with Gasteiger partial charge >= 0.3 is 0 Å². The number of hydrogen-bond acceptors (Lipinski definition) is 2. The molecule has 0 aliphatic rings. The van der Waals surface area contributed by atoms with Crippen LogP contribution in [0.25, 0.3) is 6.08 Å². The van der Waals surface area contributed by atoms with Crippen LogP contribution in [0.15, 0.2) is 30.3 Å². The lowest BCUT2D eigenvalue weighted by molar-refractivity contribution is -0.107. The zero-order chi connectivity index (χ0) is 10.6. The monoisotopic (exact) mass is 228 g/mol. The summed E-state index contributed by atoms with van der Waals surface area (Å²) in [7, 11) is 0. The Balaban J connectivity index is 2.83. The van der Waals surface area contributed by atoms with Crippen LogP contribution in [0, 0.1) is 0 Å². The molecule has 1 aromatic rings. The Bertz CT molecular complexity index is 380. The fraction of sp³-hybridized carbons (Fsp3) is 0. The standard InChI is InChI=1S/C10H6Cl2O2/c11-9(13)6-3-7-1-4-8(5-2-7)10(12)14/h1-6H. The lowest BCUT2D eigenvalue weighted by atomic mass is 10.1. The van der Waals surface area contributed by atoms with Gasteiger partial charge in [-0.15, -0.1) is 0 Å². The van der Waals surface area contributed by atoms with Crippen molar-refractivity contribution in [3.05, 3.63) is 41.5 Å². The molecule has 0 aromatic heterocycles. The summed E-state index contributed by atoms with van der Waals surface area (Å²) >= 11 is 10.4. The fourth-order valence-corrected chi connectivity index (χ4v) is 1.08. The van der Waals surface area contributed by atoms with Crippen LogP contribution in [0.3, 0.4) is 0 Å². The summed E-state index contributed by atoms with van der Waals surface area (Å²) in [4.78, 5) is 21.1. The molecular formula is C10H6Cl2O2. The molecule has 4 heteroatoms. The third-order valence-electron chi connectivity index (χ3n) is 1.54. The number of allylic oxidation sites excluding steroid dienone is 1. The van der Waals surface area contributed by atoms with Crippen molar-refractivity contribution in [2.24, 2.45) is 0 Å². The van der Waals surface area contributed by atoms with E-state index in [2.05, 4.69) is 0 Å². The van der Waals surface area contributed by atoms with E-state index in [1.165, 1.54) is 6.08 Å². The first kappa shape index (κ1) is 11.0. The number of hydrogen-bond donors (Lipinski definition) is 0. The summed E-state index contributed by atoms with van der Waals surface area (Å²) in [5, 5.41) is -1.04. The number of carbonyl (C=O) groups is 2. The van der Waals surface area contributed by atoms with E-state index in [1.54, 1.807) is 30.3 Å². The van der Waals surface area contributed by atoms with Gasteiger partial charge in [0.1, 0.15) is 0 Å². The molecule has 0 saturated heterocycles. The Labute approximate surface area is 91.1 Å². The van der Waals surface area contributed by atoms with Gasteiger partial charge in [-0.05, 0) is 47.0 Å². The van der Waals surface area contributed by atoms with Gasteiger partial charge in [0.15, 0.2) is 0 Å². The van der Waals surface area contributed by atoms with Gasteiger partial charge in [0.25, 0.3) is 5.24 Å². The van der Waals surface area contributed by atoms with E-state index in [-0.39, 0.29) is 0 Å². The predicted molar refractivity (Wildman–Crippen MR) is 56.5 cm³/mol. The van der Waals surface area contributed by atoms with Crippen LogP contribution < -0.4 is 0 Å². The summed E-state index contributed by atoms with van der Waals surface area (Å²) in [6.07, 6.45) is 2.79. The van der Waals surface area contributed by atoms with Crippen LogP contribution in [-0.4, -0.2) is 10.5 Å². The lowest BCUT2D eigenvalue weighted by Gasteiger charge is -1.94. The molecule has 1 aromatic carbocycles. The maximum Gasteiger partial charge on any atom is 0.252 e. The number of rotatable bonds is 3. The van der Waals surface area contributed by atoms with Gasteiger partial charge in [-0.1, -0.05) is 18.2 Å². The Kier molecular flexibility index (Phi) is 3.86. The Hall–Kier alpha value is -1.12. The van der Waals surface area contributed by atoms with Crippen LogP contribution in [0.4, 0.5) is 0 Å². The highest BCUT2D eigenvalue weighted by Gasteiger charge is 1.99. The molecule has 0 N–H and O–H groups in total. The first-order valence-electron chi connectivity index (χ1n) is 3.77. The van der Waals surface area contributed by atoms with Crippen molar-refractivity contribution in [3.63, 3.8) is 0 Å². The van der Waals surface area contributed by atoms with Crippen LogP contribution in [-0.2, 0) is 4.79 Å². The molecule has 0 bridgehead atoms. The van der Waals surface area contributed by atoms with E-state index < -0.39 is 10.5 Å². The second kappa shape index (κ2) is 4.94. The summed E-state index contributed by atoms with van der Waals surface area (Å²) in [5.41, 5.74) is 1.20. The van der Waals surface area contributed by atoms with E-state index in [4.69, 9.17) is 23.2 Å². The summed E-state index contributed by atoms with van der Waals surface area (Å²) in [5.74, 6) is 0. The van der Waals surface area contributed by atoms with Gasteiger partial charge in [0.2, 0.25) is 5.24 Å². The van der Waals surface area contributed by atoms with Gasteiger partial charge in [0.05, 0.1) is 0 Å². The molecule has 14 heavy (non-hydrogen) atoms. The topological polar surface area (TPSA) is 34.1 Å². The quantitative estimate of drug-likeness (QED) is 0.589. The van der Waals surface area contributed by atoms with Crippen LogP contribution in [0.2, 0.25) is 0 Å². The van der Waals surface area contributed by atoms with Gasteiger partial charge in [-0.25, -0.2) is 0 Å². The van der Waals surface area contributed by atoms with Crippen LogP contribution in [0.5, 0.6) is 0 Å². The first-order valence-corrected chi connectivity index (χ1v) is 4.52. The van der Waals surface area contributed by atoms with E-state index in [0.717, 1.165) is 5.56 Å². The fourth-order valence-electron chi connectivity index (χ4n) is 0.887.